The third kappa shape index (κ3) is 3.91. The Bertz CT molecular complexity index is 1560. The van der Waals surface area contributed by atoms with E-state index in [1.54, 1.807) is 0 Å². The van der Waals surface area contributed by atoms with Crippen LogP contribution in [0.25, 0.3) is 16.0 Å². The molecule has 1 aromatic heterocycles. The van der Waals surface area contributed by atoms with E-state index in [2.05, 4.69) is 13.0 Å². The van der Waals surface area contributed by atoms with Crippen LogP contribution in [0.5, 0.6) is 0 Å². The number of carbonyl (C=O) groups excluding carboxylic acids is 2. The maximum atomic E-state index is 13.5. The van der Waals surface area contributed by atoms with Gasteiger partial charge in [0, 0.05) is 5.56 Å². The van der Waals surface area contributed by atoms with Crippen molar-refractivity contribution in [3.05, 3.63) is 99.1 Å². The van der Waals surface area contributed by atoms with E-state index in [1.165, 1.54) is 16.2 Å². The number of aromatic nitrogens is 1. The fourth-order valence-electron chi connectivity index (χ4n) is 4.88. The third-order valence-corrected chi connectivity index (χ3v) is 7.82. The van der Waals surface area contributed by atoms with Gasteiger partial charge >= 0.3 is 5.91 Å². The minimum absolute atomic E-state index is 0.0881. The van der Waals surface area contributed by atoms with Crippen molar-refractivity contribution >= 4 is 44.1 Å². The minimum Gasteiger partial charge on any atom is -0.507 e. The monoisotopic (exact) mass is 496 g/mol. The Labute approximate surface area is 214 Å². The SMILES string of the molecule is CCc1ccc(C2C(=C(O)c3cc(C)ccc3C)C(=O)C(=O)N2c2nc3c(C)cc(C)cc3s2)cc1. The molecule has 1 amide bonds. The van der Waals surface area contributed by atoms with Crippen LogP contribution in [0.15, 0.2) is 60.2 Å². The van der Waals surface area contributed by atoms with Crippen molar-refractivity contribution in [1.82, 2.24) is 4.98 Å². The fourth-order valence-corrected chi connectivity index (χ4v) is 6.05. The number of amides is 1. The molecule has 0 aliphatic carbocycles. The molecule has 1 aliphatic rings. The Morgan fingerprint density at radius 3 is 2.36 bits per heavy atom. The zero-order chi connectivity index (χ0) is 25.7. The lowest BCUT2D eigenvalue weighted by Crippen LogP contribution is -2.29. The topological polar surface area (TPSA) is 70.5 Å². The summed E-state index contributed by atoms with van der Waals surface area (Å²) in [5, 5.41) is 11.9. The van der Waals surface area contributed by atoms with Crippen LogP contribution in [0.3, 0.4) is 0 Å². The highest BCUT2D eigenvalue weighted by Crippen LogP contribution is 2.45. The highest BCUT2D eigenvalue weighted by atomic mass is 32.1. The number of anilines is 1. The number of benzene rings is 3. The summed E-state index contributed by atoms with van der Waals surface area (Å²) in [6, 6.07) is 16.9. The van der Waals surface area contributed by atoms with Crippen LogP contribution in [0.1, 0.15) is 51.9 Å². The maximum absolute atomic E-state index is 13.5. The van der Waals surface area contributed by atoms with Gasteiger partial charge in [0.1, 0.15) is 5.76 Å². The smallest absolute Gasteiger partial charge is 0.301 e. The van der Waals surface area contributed by atoms with Gasteiger partial charge < -0.3 is 5.11 Å². The van der Waals surface area contributed by atoms with Crippen molar-refractivity contribution in [2.75, 3.05) is 4.90 Å². The van der Waals surface area contributed by atoms with Crippen molar-refractivity contribution in [2.45, 2.75) is 47.1 Å². The van der Waals surface area contributed by atoms with E-state index in [1.807, 2.05) is 76.2 Å². The van der Waals surface area contributed by atoms with Crippen LogP contribution in [0.2, 0.25) is 0 Å². The summed E-state index contributed by atoms with van der Waals surface area (Å²) in [6.45, 7) is 9.91. The van der Waals surface area contributed by atoms with Gasteiger partial charge in [-0.1, -0.05) is 66.3 Å². The molecule has 0 saturated carbocycles. The standard InChI is InChI=1S/C30H28N2O3S/c1-6-20-9-11-21(12-10-20)26-24(27(33)22-14-16(2)7-8-18(22)4)28(34)29(35)32(26)30-31-25-19(5)13-17(3)15-23(25)36-30/h7-15,26,33H,6H2,1-5H3. The van der Waals surface area contributed by atoms with E-state index in [0.717, 1.165) is 50.0 Å². The van der Waals surface area contributed by atoms with Gasteiger partial charge in [0.05, 0.1) is 21.8 Å². The summed E-state index contributed by atoms with van der Waals surface area (Å²) in [5.41, 5.74) is 7.28. The van der Waals surface area contributed by atoms with Crippen LogP contribution >= 0.6 is 11.3 Å². The average molecular weight is 497 g/mol. The first-order chi connectivity index (χ1) is 17.2. The number of fused-ring (bicyclic) bond motifs is 1. The molecule has 5 rings (SSSR count). The average Bonchev–Trinajstić information content (AvgIpc) is 3.39. The highest BCUT2D eigenvalue weighted by molar-refractivity contribution is 7.22. The van der Waals surface area contributed by atoms with Gasteiger partial charge in [-0.25, -0.2) is 4.98 Å². The number of Topliss-reactive ketones (excluding diaryl/α,β-unsaturated/α-hetero) is 1. The molecule has 1 atom stereocenters. The molecule has 2 heterocycles. The number of nitrogens with zero attached hydrogens (tertiary/aromatic N) is 2. The summed E-state index contributed by atoms with van der Waals surface area (Å²) < 4.78 is 0.957. The van der Waals surface area contributed by atoms with E-state index in [9.17, 15) is 14.7 Å². The van der Waals surface area contributed by atoms with Gasteiger partial charge in [-0.3, -0.25) is 14.5 Å². The maximum Gasteiger partial charge on any atom is 0.301 e. The molecule has 1 N–H and O–H groups in total. The second-order valence-corrected chi connectivity index (χ2v) is 10.5. The Balaban J connectivity index is 1.76. The second-order valence-electron chi connectivity index (χ2n) is 9.51. The predicted molar refractivity (Wildman–Crippen MR) is 146 cm³/mol. The van der Waals surface area contributed by atoms with Crippen molar-refractivity contribution in [3.8, 4) is 0 Å². The lowest BCUT2D eigenvalue weighted by molar-refractivity contribution is -0.132. The molecule has 6 heteroatoms. The number of rotatable bonds is 4. The molecule has 1 saturated heterocycles. The number of aliphatic hydroxyl groups is 1. The quantitative estimate of drug-likeness (QED) is 0.193. The summed E-state index contributed by atoms with van der Waals surface area (Å²) in [7, 11) is 0. The molecule has 0 spiro atoms. The van der Waals surface area contributed by atoms with Crippen LogP contribution in [-0.2, 0) is 16.0 Å². The molecule has 0 bridgehead atoms. The number of aliphatic hydroxyl groups excluding tert-OH is 1. The Morgan fingerprint density at radius 1 is 0.944 bits per heavy atom. The third-order valence-electron chi connectivity index (χ3n) is 6.82. The fraction of sp³-hybridized carbons (Fsp3) is 0.233. The Kier molecular flexibility index (Phi) is 6.00. The normalized spacial score (nSPS) is 17.4. The van der Waals surface area contributed by atoms with E-state index in [-0.39, 0.29) is 11.3 Å². The van der Waals surface area contributed by atoms with E-state index in [4.69, 9.17) is 4.98 Å². The van der Waals surface area contributed by atoms with Crippen LogP contribution < -0.4 is 4.90 Å². The van der Waals surface area contributed by atoms with Crippen molar-refractivity contribution in [2.24, 2.45) is 0 Å². The summed E-state index contributed by atoms with van der Waals surface area (Å²) in [4.78, 5) is 33.3. The highest BCUT2D eigenvalue weighted by Gasteiger charge is 2.48. The molecule has 0 radical (unpaired) electrons. The molecular weight excluding hydrogens is 468 g/mol. The minimum atomic E-state index is -0.780. The molecule has 36 heavy (non-hydrogen) atoms. The van der Waals surface area contributed by atoms with Gasteiger partial charge in [0.2, 0.25) is 0 Å². The Morgan fingerprint density at radius 2 is 1.67 bits per heavy atom. The molecule has 5 nitrogen and oxygen atoms in total. The van der Waals surface area contributed by atoms with Gasteiger partial charge in [0.15, 0.2) is 5.13 Å². The first kappa shape index (κ1) is 23.9. The predicted octanol–water partition coefficient (Wildman–Crippen LogP) is 6.72. The number of thiazole rings is 1. The number of aryl methyl sites for hydroxylation is 5. The first-order valence-electron chi connectivity index (χ1n) is 12.0. The van der Waals surface area contributed by atoms with Crippen LogP contribution in [0, 0.1) is 27.7 Å². The number of ketones is 1. The van der Waals surface area contributed by atoms with Crippen molar-refractivity contribution < 1.29 is 14.7 Å². The van der Waals surface area contributed by atoms with E-state index in [0.29, 0.717) is 10.7 Å². The van der Waals surface area contributed by atoms with Crippen LogP contribution in [-0.4, -0.2) is 21.8 Å². The molecule has 1 aliphatic heterocycles. The molecule has 3 aromatic carbocycles. The summed E-state index contributed by atoms with van der Waals surface area (Å²) >= 11 is 1.39. The summed E-state index contributed by atoms with van der Waals surface area (Å²) in [5.74, 6) is -1.54. The molecular formula is C30H28N2O3S. The van der Waals surface area contributed by atoms with Gasteiger partial charge in [-0.2, -0.15) is 0 Å². The van der Waals surface area contributed by atoms with Crippen molar-refractivity contribution in [3.63, 3.8) is 0 Å². The first-order valence-corrected chi connectivity index (χ1v) is 12.9. The number of hydrogen-bond acceptors (Lipinski definition) is 5. The van der Waals surface area contributed by atoms with E-state index >= 15 is 0 Å². The molecule has 1 fully saturated rings. The summed E-state index contributed by atoms with van der Waals surface area (Å²) in [6.07, 6.45) is 0.874. The largest absolute Gasteiger partial charge is 0.507 e. The second kappa shape index (κ2) is 9.03. The molecule has 182 valence electrons. The molecule has 4 aromatic rings. The number of carbonyl (C=O) groups is 2. The van der Waals surface area contributed by atoms with Crippen LogP contribution in [0.4, 0.5) is 5.13 Å². The Hall–Kier alpha value is -3.77. The lowest BCUT2D eigenvalue weighted by Gasteiger charge is -2.23. The van der Waals surface area contributed by atoms with E-state index < -0.39 is 17.7 Å². The zero-order valence-electron chi connectivity index (χ0n) is 21.0. The molecule has 1 unspecified atom stereocenters. The van der Waals surface area contributed by atoms with Gasteiger partial charge in [0.25, 0.3) is 5.78 Å². The lowest BCUT2D eigenvalue weighted by atomic mass is 9.93. The zero-order valence-corrected chi connectivity index (χ0v) is 21.9. The number of hydrogen-bond donors (Lipinski definition) is 1. The van der Waals surface area contributed by atoms with Gasteiger partial charge in [-0.15, -0.1) is 0 Å². The van der Waals surface area contributed by atoms with Crippen molar-refractivity contribution in [1.29, 1.82) is 0 Å². The van der Waals surface area contributed by atoms with Gasteiger partial charge in [-0.05, 0) is 74.1 Å².